The summed E-state index contributed by atoms with van der Waals surface area (Å²) in [6, 6.07) is 0.216. The smallest absolute Gasteiger partial charge is 0.327 e. The Kier molecular flexibility index (Phi) is 11.0. The molecule has 1 saturated heterocycles. The van der Waals surface area contributed by atoms with Gasteiger partial charge < -0.3 is 35.1 Å². The van der Waals surface area contributed by atoms with Crippen molar-refractivity contribution in [1.29, 1.82) is 0 Å². The molecule has 2 aliphatic rings. The van der Waals surface area contributed by atoms with Crippen LogP contribution in [0.5, 0.6) is 6.01 Å². The Hall–Kier alpha value is -3.60. The van der Waals surface area contributed by atoms with Crippen molar-refractivity contribution in [2.75, 3.05) is 58.7 Å². The Bertz CT molecular complexity index is 1330. The molecule has 1 aliphatic carbocycles. The van der Waals surface area contributed by atoms with Crippen LogP contribution in [0, 0.1) is 5.92 Å². The standard InChI is InChI=1S/C29H43N7O5/c1-3-4-16-41-28-32-26(30)25-27(33-28)36(29(39)31-25)20-21-9-13-35(14-10-21)12-6-11-34(2)15-17-40-23-8-5-7-22(18-23)19-24(37)38/h5,8,21H,3-4,6,9-20H2,1-2H3,(H,31,39)(H,37,38)(H2,30,32,33). The number of H-pyrrole nitrogens is 1. The van der Waals surface area contributed by atoms with Crippen LogP contribution in [0.25, 0.3) is 11.2 Å². The van der Waals surface area contributed by atoms with Crippen LogP contribution in [0.15, 0.2) is 34.0 Å². The summed E-state index contributed by atoms with van der Waals surface area (Å²) in [6.45, 7) is 8.59. The maximum atomic E-state index is 12.7. The van der Waals surface area contributed by atoms with Gasteiger partial charge >= 0.3 is 17.7 Å². The third-order valence-electron chi connectivity index (χ3n) is 7.59. The number of anilines is 1. The monoisotopic (exact) mass is 569 g/mol. The van der Waals surface area contributed by atoms with E-state index in [0.29, 0.717) is 43.3 Å². The third-order valence-corrected chi connectivity index (χ3v) is 7.59. The predicted molar refractivity (Wildman–Crippen MR) is 157 cm³/mol. The average Bonchev–Trinajstić information content (AvgIpc) is 3.25. The number of carboxylic acid groups (broad SMARTS) is 1. The van der Waals surface area contributed by atoms with Gasteiger partial charge in [0.15, 0.2) is 11.5 Å². The summed E-state index contributed by atoms with van der Waals surface area (Å²) in [5.41, 5.74) is 10.6. The van der Waals surface area contributed by atoms with E-state index in [1.54, 1.807) is 10.6 Å². The maximum Gasteiger partial charge on any atom is 0.327 e. The second kappa shape index (κ2) is 14.9. The highest BCUT2D eigenvalue weighted by molar-refractivity contribution is 5.81. The van der Waals surface area contributed by atoms with Gasteiger partial charge in [-0.05, 0) is 82.6 Å². The number of allylic oxidation sites excluding steroid dienone is 2. The van der Waals surface area contributed by atoms with Gasteiger partial charge in [-0.25, -0.2) is 4.79 Å². The number of aromatic nitrogens is 4. The number of carboxylic acids is 1. The normalized spacial score (nSPS) is 16.3. The zero-order valence-electron chi connectivity index (χ0n) is 24.2. The molecule has 0 bridgehead atoms. The number of aliphatic carboxylic acids is 1. The van der Waals surface area contributed by atoms with Gasteiger partial charge in [-0.1, -0.05) is 13.3 Å². The molecule has 0 saturated carbocycles. The largest absolute Gasteiger partial charge is 0.496 e. The lowest BCUT2D eigenvalue weighted by atomic mass is 9.96. The van der Waals surface area contributed by atoms with Crippen molar-refractivity contribution in [1.82, 2.24) is 29.3 Å². The molecule has 1 fully saturated rings. The van der Waals surface area contributed by atoms with Crippen LogP contribution in [0.1, 0.15) is 51.9 Å². The van der Waals surface area contributed by atoms with Crippen molar-refractivity contribution in [2.24, 2.45) is 5.92 Å². The summed E-state index contributed by atoms with van der Waals surface area (Å²) in [4.78, 5) is 39.9. The second-order valence-electron chi connectivity index (χ2n) is 10.9. The van der Waals surface area contributed by atoms with Crippen LogP contribution in [0.2, 0.25) is 0 Å². The topological polar surface area (TPSA) is 152 Å². The number of nitrogens with zero attached hydrogens (tertiary/aromatic N) is 5. The van der Waals surface area contributed by atoms with Gasteiger partial charge in [0.2, 0.25) is 0 Å². The van der Waals surface area contributed by atoms with E-state index in [4.69, 9.17) is 20.3 Å². The number of likely N-dealkylation sites (tertiary alicyclic amines) is 1. The number of likely N-dealkylation sites (N-methyl/N-ethyl adjacent to an activating group) is 1. The Morgan fingerprint density at radius 3 is 2.78 bits per heavy atom. The highest BCUT2D eigenvalue weighted by atomic mass is 16.5. The Labute approximate surface area is 240 Å². The fraction of sp³-hybridized carbons (Fsp3) is 0.621. The van der Waals surface area contributed by atoms with E-state index in [1.807, 2.05) is 6.08 Å². The zero-order chi connectivity index (χ0) is 29.2. The third kappa shape index (κ3) is 8.94. The molecule has 1 aliphatic heterocycles. The molecule has 224 valence electrons. The van der Waals surface area contributed by atoms with Gasteiger partial charge in [0, 0.05) is 19.5 Å². The number of nitrogens with two attached hydrogens (primary N) is 1. The molecule has 0 spiro atoms. The number of carbonyl (C=O) groups is 1. The van der Waals surface area contributed by atoms with E-state index in [-0.39, 0.29) is 23.9 Å². The summed E-state index contributed by atoms with van der Waals surface area (Å²) in [5.74, 6) is 0.564. The molecule has 4 rings (SSSR count). The SMILES string of the molecule is CCCCOc1nc(N)c2[nH]c(=O)n(CC3CCN(CCCN(C)CCOC4=CC=C=C(CC(=O)O)C4)CC3)c2n1. The van der Waals surface area contributed by atoms with E-state index in [9.17, 15) is 9.59 Å². The minimum Gasteiger partial charge on any atom is -0.496 e. The number of fused-ring (bicyclic) bond motifs is 1. The average molecular weight is 570 g/mol. The van der Waals surface area contributed by atoms with E-state index in [1.165, 1.54) is 0 Å². The van der Waals surface area contributed by atoms with E-state index >= 15 is 0 Å². The first-order valence-electron chi connectivity index (χ1n) is 14.6. The van der Waals surface area contributed by atoms with Gasteiger partial charge in [0.1, 0.15) is 17.9 Å². The Balaban J connectivity index is 1.15. The fourth-order valence-electron chi connectivity index (χ4n) is 5.20. The predicted octanol–water partition coefficient (Wildman–Crippen LogP) is 2.78. The molecular formula is C29H43N7O5. The summed E-state index contributed by atoms with van der Waals surface area (Å²) in [6.07, 6.45) is 9.10. The number of rotatable bonds is 16. The molecular weight excluding hydrogens is 526 g/mol. The van der Waals surface area contributed by atoms with Crippen molar-refractivity contribution in [3.05, 3.63) is 39.7 Å². The minimum atomic E-state index is -0.848. The van der Waals surface area contributed by atoms with Crippen molar-refractivity contribution in [2.45, 2.75) is 58.4 Å². The molecule has 12 heteroatoms. The van der Waals surface area contributed by atoms with Gasteiger partial charge in [-0.3, -0.25) is 9.36 Å². The van der Waals surface area contributed by atoms with Crippen LogP contribution in [0.4, 0.5) is 5.82 Å². The van der Waals surface area contributed by atoms with E-state index < -0.39 is 5.97 Å². The summed E-state index contributed by atoms with van der Waals surface area (Å²) < 4.78 is 13.2. The number of imidazole rings is 1. The number of ether oxygens (including phenoxy) is 2. The molecule has 0 atom stereocenters. The first-order valence-corrected chi connectivity index (χ1v) is 14.6. The number of hydrogen-bond acceptors (Lipinski definition) is 9. The Morgan fingerprint density at radius 1 is 1.22 bits per heavy atom. The summed E-state index contributed by atoms with van der Waals surface area (Å²) in [5, 5.41) is 8.96. The molecule has 0 amide bonds. The molecule has 0 radical (unpaired) electrons. The first kappa shape index (κ1) is 30.4. The highest BCUT2D eigenvalue weighted by Gasteiger charge is 2.22. The number of aromatic amines is 1. The minimum absolute atomic E-state index is 0.00456. The molecule has 0 aromatic carbocycles. The number of unbranched alkanes of at least 4 members (excludes halogenated alkanes) is 1. The van der Waals surface area contributed by atoms with E-state index in [2.05, 4.69) is 44.5 Å². The van der Waals surface area contributed by atoms with Gasteiger partial charge in [0.25, 0.3) is 0 Å². The highest BCUT2D eigenvalue weighted by Crippen LogP contribution is 2.23. The lowest BCUT2D eigenvalue weighted by Crippen LogP contribution is -2.37. The number of piperidine rings is 1. The van der Waals surface area contributed by atoms with Crippen LogP contribution >= 0.6 is 0 Å². The van der Waals surface area contributed by atoms with E-state index in [0.717, 1.165) is 76.2 Å². The quantitative estimate of drug-likeness (QED) is 0.203. The van der Waals surface area contributed by atoms with Crippen molar-refractivity contribution < 1.29 is 19.4 Å². The van der Waals surface area contributed by atoms with Gasteiger partial charge in [0.05, 0.1) is 13.0 Å². The number of nitrogen functional groups attached to an aromatic ring is 1. The lowest BCUT2D eigenvalue weighted by Gasteiger charge is -2.32. The Morgan fingerprint density at radius 2 is 2.02 bits per heavy atom. The van der Waals surface area contributed by atoms with Crippen LogP contribution in [-0.2, 0) is 16.1 Å². The number of nitrogens with one attached hydrogen (secondary N) is 1. The number of hydrogen-bond donors (Lipinski definition) is 3. The summed E-state index contributed by atoms with van der Waals surface area (Å²) in [7, 11) is 2.09. The maximum absolute atomic E-state index is 12.7. The van der Waals surface area contributed by atoms with Crippen LogP contribution in [0.3, 0.4) is 0 Å². The zero-order valence-corrected chi connectivity index (χ0v) is 24.2. The molecule has 4 N–H and O–H groups in total. The summed E-state index contributed by atoms with van der Waals surface area (Å²) >= 11 is 0. The fourth-order valence-corrected chi connectivity index (χ4v) is 5.20. The van der Waals surface area contributed by atoms with Crippen LogP contribution < -0.4 is 16.2 Å². The van der Waals surface area contributed by atoms with Gasteiger partial charge in [-0.15, -0.1) is 5.73 Å². The first-order chi connectivity index (χ1) is 19.8. The molecule has 2 aromatic rings. The van der Waals surface area contributed by atoms with Gasteiger partial charge in [-0.2, -0.15) is 9.97 Å². The van der Waals surface area contributed by atoms with Crippen molar-refractivity contribution >= 4 is 23.0 Å². The lowest BCUT2D eigenvalue weighted by molar-refractivity contribution is -0.136. The molecule has 12 nitrogen and oxygen atoms in total. The van der Waals surface area contributed by atoms with Crippen molar-refractivity contribution in [3.63, 3.8) is 0 Å². The van der Waals surface area contributed by atoms with Crippen LogP contribution in [-0.4, -0.2) is 93.4 Å². The molecule has 41 heavy (non-hydrogen) atoms. The molecule has 3 heterocycles. The van der Waals surface area contributed by atoms with Crippen molar-refractivity contribution in [3.8, 4) is 6.01 Å². The molecule has 2 aromatic heterocycles. The second-order valence-corrected chi connectivity index (χ2v) is 10.9. The molecule has 0 unspecified atom stereocenters.